The van der Waals surface area contributed by atoms with E-state index in [1.165, 1.54) is 27.4 Å². The van der Waals surface area contributed by atoms with Crippen molar-refractivity contribution >= 4 is 40.5 Å². The Hall–Kier alpha value is -4.31. The maximum atomic E-state index is 12.1. The largest absolute Gasteiger partial charge is 0.505 e. The average Bonchev–Trinajstić information content (AvgIpc) is 3.44. The van der Waals surface area contributed by atoms with Gasteiger partial charge in [0.2, 0.25) is 0 Å². The fraction of sp³-hybridized carbons (Fsp3) is 0.292. The second-order valence-electron chi connectivity index (χ2n) is 18.2. The zero-order valence-electron chi connectivity index (χ0n) is 33.5. The van der Waals surface area contributed by atoms with Crippen molar-refractivity contribution in [1.29, 1.82) is 0 Å². The molecule has 0 radical (unpaired) electrons. The summed E-state index contributed by atoms with van der Waals surface area (Å²) in [6.45, 7) is 24.7. The summed E-state index contributed by atoms with van der Waals surface area (Å²) in [6, 6.07) is 40.5. The molecule has 6 heteroatoms. The van der Waals surface area contributed by atoms with Gasteiger partial charge >= 0.3 is 0 Å². The van der Waals surface area contributed by atoms with Crippen molar-refractivity contribution in [3.05, 3.63) is 132 Å². The van der Waals surface area contributed by atoms with Gasteiger partial charge in [-0.05, 0) is 62.9 Å². The number of rotatable bonds is 5. The van der Waals surface area contributed by atoms with Crippen molar-refractivity contribution in [2.24, 2.45) is 0 Å². The van der Waals surface area contributed by atoms with E-state index < -0.39 is 8.07 Å². The molecule has 7 aromatic rings. The fourth-order valence-electron chi connectivity index (χ4n) is 7.23. The third-order valence-corrected chi connectivity index (χ3v) is 13.9. The van der Waals surface area contributed by atoms with Crippen LogP contribution in [0.15, 0.2) is 109 Å². The summed E-state index contributed by atoms with van der Waals surface area (Å²) >= 11 is 0. The van der Waals surface area contributed by atoms with E-state index in [0.29, 0.717) is 5.75 Å². The first kappa shape index (κ1) is 39.4. The first-order chi connectivity index (χ1) is 24.8. The van der Waals surface area contributed by atoms with Gasteiger partial charge in [0, 0.05) is 48.9 Å². The molecule has 0 aliphatic carbocycles. The molecule has 0 amide bonds. The Bertz CT molecular complexity index is 2500. The summed E-state index contributed by atoms with van der Waals surface area (Å²) in [5.41, 5.74) is 9.64. The van der Waals surface area contributed by atoms with E-state index in [1.54, 1.807) is 0 Å². The molecule has 0 saturated heterocycles. The van der Waals surface area contributed by atoms with Crippen LogP contribution in [0.2, 0.25) is 13.1 Å². The van der Waals surface area contributed by atoms with Crippen LogP contribution in [0.5, 0.6) is 5.75 Å². The SMILES string of the molecule is CC(C)(C)c1cc(-c2ccc3c4ccccc4n(-c4cc(C(C)(C)C)cc(C(C)(C)C)c4O)c3n2)[c-]c([Si](C)(C)c2cc(-c3ccccc3)ccn2)c1.[Pt]. The van der Waals surface area contributed by atoms with E-state index >= 15 is 0 Å². The molecule has 0 bridgehead atoms. The van der Waals surface area contributed by atoms with Crippen molar-refractivity contribution in [3.63, 3.8) is 0 Å². The number of hydrogen-bond donors (Lipinski definition) is 1. The summed E-state index contributed by atoms with van der Waals surface area (Å²) in [4.78, 5) is 10.5. The summed E-state index contributed by atoms with van der Waals surface area (Å²) in [5, 5.41) is 16.6. The number of pyridine rings is 2. The molecular formula is C48H52N3OPtSi-. The van der Waals surface area contributed by atoms with Crippen molar-refractivity contribution < 1.29 is 26.2 Å². The van der Waals surface area contributed by atoms with Crippen LogP contribution in [-0.2, 0) is 37.3 Å². The quantitative estimate of drug-likeness (QED) is 0.138. The van der Waals surface area contributed by atoms with E-state index in [4.69, 9.17) is 9.97 Å². The summed E-state index contributed by atoms with van der Waals surface area (Å²) in [7, 11) is -2.33. The monoisotopic (exact) mass is 909 g/mol. The molecule has 54 heavy (non-hydrogen) atoms. The minimum Gasteiger partial charge on any atom is -0.505 e. The number of phenols is 1. The van der Waals surface area contributed by atoms with Gasteiger partial charge in [-0.3, -0.25) is 14.5 Å². The second-order valence-corrected chi connectivity index (χ2v) is 22.5. The van der Waals surface area contributed by atoms with E-state index in [2.05, 4.69) is 189 Å². The number of fused-ring (bicyclic) bond motifs is 3. The fourth-order valence-corrected chi connectivity index (χ4v) is 9.38. The first-order valence-electron chi connectivity index (χ1n) is 18.7. The standard InChI is InChI=1S/C48H52N3OSi.Pt/c1-46(2,3)34-25-33(26-36(28-34)53(10,11)43-27-32(23-24-49-43)31-17-13-12-14-18-31)40-22-21-38-37-19-15-16-20-41(37)51(45(38)50-40)42-30-35(47(4,5)6)29-39(44(42)52)48(7,8)9;/h12-25,27-30,52H,1-11H3;/q-1;. The third kappa shape index (κ3) is 7.26. The Balaban J connectivity index is 0.00000497. The van der Waals surface area contributed by atoms with Crippen molar-refractivity contribution in [3.8, 4) is 33.8 Å². The van der Waals surface area contributed by atoms with Crippen LogP contribution in [0.4, 0.5) is 0 Å². The number of benzene rings is 4. The van der Waals surface area contributed by atoms with Gasteiger partial charge in [0.15, 0.2) is 0 Å². The molecule has 0 atom stereocenters. The van der Waals surface area contributed by atoms with Gasteiger partial charge in [0.25, 0.3) is 0 Å². The number of aromatic nitrogens is 3. The number of nitrogens with zero attached hydrogens (tertiary/aromatic N) is 3. The molecule has 0 aliphatic heterocycles. The topological polar surface area (TPSA) is 50.9 Å². The van der Waals surface area contributed by atoms with Gasteiger partial charge in [-0.2, -0.15) is 0 Å². The van der Waals surface area contributed by atoms with E-state index in [9.17, 15) is 5.11 Å². The van der Waals surface area contributed by atoms with Gasteiger partial charge in [-0.15, -0.1) is 34.5 Å². The Morgan fingerprint density at radius 3 is 1.96 bits per heavy atom. The van der Waals surface area contributed by atoms with Crippen molar-refractivity contribution in [2.75, 3.05) is 0 Å². The smallest absolute Gasteiger partial charge is 0.143 e. The molecule has 0 aliphatic rings. The van der Waals surface area contributed by atoms with Gasteiger partial charge in [0.05, 0.1) is 11.2 Å². The number of aromatic hydroxyl groups is 1. The van der Waals surface area contributed by atoms with E-state index in [0.717, 1.165) is 49.8 Å². The van der Waals surface area contributed by atoms with Gasteiger partial charge in [-0.25, -0.2) is 0 Å². The van der Waals surface area contributed by atoms with E-state index in [-0.39, 0.29) is 37.3 Å². The molecule has 4 aromatic carbocycles. The third-order valence-electron chi connectivity index (χ3n) is 10.7. The van der Waals surface area contributed by atoms with Crippen LogP contribution in [0.1, 0.15) is 79.0 Å². The van der Waals surface area contributed by atoms with Crippen LogP contribution >= 0.6 is 0 Å². The van der Waals surface area contributed by atoms with Gasteiger partial charge < -0.3 is 5.11 Å². The zero-order chi connectivity index (χ0) is 38.1. The van der Waals surface area contributed by atoms with Crippen LogP contribution in [0.3, 0.4) is 0 Å². The molecule has 0 saturated carbocycles. The molecular weight excluding hydrogens is 858 g/mol. The molecule has 7 rings (SSSR count). The van der Waals surface area contributed by atoms with Crippen LogP contribution in [0, 0.1) is 6.07 Å². The molecule has 4 nitrogen and oxygen atoms in total. The van der Waals surface area contributed by atoms with Crippen molar-refractivity contribution in [2.45, 2.75) is 91.7 Å². The molecule has 280 valence electrons. The summed E-state index contributed by atoms with van der Waals surface area (Å²) in [5.74, 6) is 0.293. The van der Waals surface area contributed by atoms with Crippen LogP contribution in [0.25, 0.3) is 50.0 Å². The molecule has 1 N–H and O–H groups in total. The van der Waals surface area contributed by atoms with Gasteiger partial charge in [-0.1, -0.05) is 142 Å². The summed E-state index contributed by atoms with van der Waals surface area (Å²) < 4.78 is 2.17. The average molecular weight is 910 g/mol. The first-order valence-corrected chi connectivity index (χ1v) is 21.7. The summed E-state index contributed by atoms with van der Waals surface area (Å²) in [6.07, 6.45) is 1.95. The Kier molecular flexibility index (Phi) is 10.3. The Morgan fingerprint density at radius 1 is 0.648 bits per heavy atom. The number of para-hydroxylation sites is 1. The Labute approximate surface area is 337 Å². The minimum atomic E-state index is -2.33. The van der Waals surface area contributed by atoms with Crippen molar-refractivity contribution in [1.82, 2.24) is 14.5 Å². The normalized spacial score (nSPS) is 12.6. The molecule has 0 unspecified atom stereocenters. The number of phenolic OH excluding ortho intramolecular Hbond substituents is 1. The minimum absolute atomic E-state index is 0. The van der Waals surface area contributed by atoms with Crippen LogP contribution < -0.4 is 10.5 Å². The maximum Gasteiger partial charge on any atom is 0.143 e. The number of hydrogen-bond acceptors (Lipinski definition) is 3. The zero-order valence-corrected chi connectivity index (χ0v) is 36.8. The molecule has 0 fully saturated rings. The molecule has 0 spiro atoms. The maximum absolute atomic E-state index is 12.1. The Morgan fingerprint density at radius 2 is 1.30 bits per heavy atom. The molecule has 3 aromatic heterocycles. The second kappa shape index (κ2) is 14.1. The van der Waals surface area contributed by atoms with E-state index in [1.807, 2.05) is 6.20 Å². The predicted octanol–water partition coefficient (Wildman–Crippen LogP) is 11.1. The van der Waals surface area contributed by atoms with Gasteiger partial charge in [0.1, 0.15) is 19.5 Å². The predicted molar refractivity (Wildman–Crippen MR) is 227 cm³/mol. The molecule has 3 heterocycles. The van der Waals surface area contributed by atoms with Crippen LogP contribution in [-0.4, -0.2) is 27.7 Å².